The number of hydrogen-bond acceptors (Lipinski definition) is 8. The molecule has 0 amide bonds. The van der Waals surface area contributed by atoms with Crippen LogP contribution in [0.1, 0.15) is 24.4 Å². The summed E-state index contributed by atoms with van der Waals surface area (Å²) >= 11 is 7.70. The lowest BCUT2D eigenvalue weighted by molar-refractivity contribution is 0.578. The molecule has 0 saturated carbocycles. The third-order valence-electron chi connectivity index (χ3n) is 3.31. The van der Waals surface area contributed by atoms with E-state index < -0.39 is 5.54 Å². The Morgan fingerprint density at radius 3 is 2.67 bits per heavy atom. The topological polar surface area (TPSA) is 102 Å². The third-order valence-corrected chi connectivity index (χ3v) is 4.66. The molecular weight excluding hydrogens is 346 g/mol. The van der Waals surface area contributed by atoms with Crippen LogP contribution in [-0.2, 0) is 12.1 Å². The zero-order valence-corrected chi connectivity index (χ0v) is 14.8. The average Bonchev–Trinajstić information content (AvgIpc) is 3.04. The lowest BCUT2D eigenvalue weighted by atomic mass is 10.00. The minimum atomic E-state index is -0.546. The Bertz CT molecular complexity index is 832. The van der Waals surface area contributed by atoms with Crippen molar-refractivity contribution in [1.82, 2.24) is 25.1 Å². The number of hydrogen-bond donors (Lipinski definition) is 2. The first-order chi connectivity index (χ1) is 11.5. The maximum absolute atomic E-state index is 6.22. The molecule has 3 heterocycles. The fourth-order valence-electron chi connectivity index (χ4n) is 2.14. The SMILES string of the molecule is CC(C)(Nc1ncc(-c2ncc(CN)s2)nn1)c1ncccc1Cl. The van der Waals surface area contributed by atoms with Gasteiger partial charge in [0, 0.05) is 23.8 Å². The second-order valence-corrected chi connectivity index (χ2v) is 7.11. The highest BCUT2D eigenvalue weighted by Gasteiger charge is 2.25. The molecule has 9 heteroatoms. The predicted molar refractivity (Wildman–Crippen MR) is 94.7 cm³/mol. The normalized spacial score (nSPS) is 11.5. The summed E-state index contributed by atoms with van der Waals surface area (Å²) in [6.45, 7) is 4.36. The second kappa shape index (κ2) is 6.76. The standard InChI is InChI=1S/C15H16ClN7S/c1-15(2,12-10(16)4-3-5-18-12)21-14-20-8-11(22-23-14)13-19-7-9(6-17)24-13/h3-5,7-8H,6,17H2,1-2H3,(H,20,21,23). The van der Waals surface area contributed by atoms with Gasteiger partial charge in [0.1, 0.15) is 10.7 Å². The molecule has 0 saturated heterocycles. The van der Waals surface area contributed by atoms with E-state index in [0.29, 0.717) is 28.9 Å². The first-order valence-electron chi connectivity index (χ1n) is 7.23. The van der Waals surface area contributed by atoms with Crippen LogP contribution in [0.25, 0.3) is 10.7 Å². The van der Waals surface area contributed by atoms with Crippen LogP contribution >= 0.6 is 22.9 Å². The van der Waals surface area contributed by atoms with Crippen molar-refractivity contribution in [2.75, 3.05) is 5.32 Å². The van der Waals surface area contributed by atoms with Crippen LogP contribution in [0.4, 0.5) is 5.95 Å². The van der Waals surface area contributed by atoms with E-state index in [9.17, 15) is 0 Å². The quantitative estimate of drug-likeness (QED) is 0.720. The maximum Gasteiger partial charge on any atom is 0.243 e. The van der Waals surface area contributed by atoms with Crippen molar-refractivity contribution in [2.45, 2.75) is 25.9 Å². The summed E-state index contributed by atoms with van der Waals surface area (Å²) in [4.78, 5) is 13.9. The van der Waals surface area contributed by atoms with Gasteiger partial charge in [0.2, 0.25) is 5.95 Å². The molecule has 3 aromatic rings. The van der Waals surface area contributed by atoms with E-state index in [1.54, 1.807) is 30.7 Å². The van der Waals surface area contributed by atoms with Gasteiger partial charge in [-0.05, 0) is 26.0 Å². The molecule has 0 bridgehead atoms. The highest BCUT2D eigenvalue weighted by molar-refractivity contribution is 7.14. The van der Waals surface area contributed by atoms with Gasteiger partial charge in [0.15, 0.2) is 0 Å². The largest absolute Gasteiger partial charge is 0.342 e. The predicted octanol–water partition coefficient (Wildman–Crippen LogP) is 2.85. The van der Waals surface area contributed by atoms with Crippen molar-refractivity contribution in [3.8, 4) is 10.7 Å². The van der Waals surface area contributed by atoms with Crippen molar-refractivity contribution >= 4 is 28.9 Å². The number of pyridine rings is 1. The summed E-state index contributed by atoms with van der Waals surface area (Å²) in [6.07, 6.45) is 5.06. The number of thiazole rings is 1. The van der Waals surface area contributed by atoms with E-state index in [4.69, 9.17) is 17.3 Å². The highest BCUT2D eigenvalue weighted by atomic mass is 35.5. The van der Waals surface area contributed by atoms with Gasteiger partial charge in [0.25, 0.3) is 0 Å². The van der Waals surface area contributed by atoms with Gasteiger partial charge < -0.3 is 11.1 Å². The summed E-state index contributed by atoms with van der Waals surface area (Å²) in [5, 5.41) is 12.8. The van der Waals surface area contributed by atoms with Crippen molar-refractivity contribution in [1.29, 1.82) is 0 Å². The minimum absolute atomic E-state index is 0.390. The second-order valence-electron chi connectivity index (χ2n) is 5.59. The Morgan fingerprint density at radius 1 is 1.21 bits per heavy atom. The van der Waals surface area contributed by atoms with Gasteiger partial charge in [0.05, 0.1) is 22.5 Å². The molecule has 7 nitrogen and oxygen atoms in total. The van der Waals surface area contributed by atoms with Crippen molar-refractivity contribution in [2.24, 2.45) is 5.73 Å². The molecule has 24 heavy (non-hydrogen) atoms. The number of rotatable bonds is 5. The van der Waals surface area contributed by atoms with Crippen molar-refractivity contribution in [3.05, 3.63) is 46.3 Å². The minimum Gasteiger partial charge on any atom is -0.342 e. The fraction of sp³-hybridized carbons (Fsp3) is 0.267. The summed E-state index contributed by atoms with van der Waals surface area (Å²) in [5.74, 6) is 0.390. The van der Waals surface area contributed by atoms with Crippen LogP contribution < -0.4 is 11.1 Å². The number of aromatic nitrogens is 5. The summed E-state index contributed by atoms with van der Waals surface area (Å²) in [7, 11) is 0. The molecule has 0 aliphatic carbocycles. The Morgan fingerprint density at radius 2 is 2.04 bits per heavy atom. The van der Waals surface area contributed by atoms with Gasteiger partial charge >= 0.3 is 0 Å². The van der Waals surface area contributed by atoms with E-state index in [0.717, 1.165) is 9.88 Å². The molecule has 3 aromatic heterocycles. The smallest absolute Gasteiger partial charge is 0.243 e. The van der Waals surface area contributed by atoms with Crippen molar-refractivity contribution in [3.63, 3.8) is 0 Å². The first kappa shape index (κ1) is 16.7. The van der Waals surface area contributed by atoms with Gasteiger partial charge in [-0.1, -0.05) is 11.6 Å². The highest BCUT2D eigenvalue weighted by Crippen LogP contribution is 2.28. The average molecular weight is 362 g/mol. The Labute approximate surface area is 148 Å². The van der Waals surface area contributed by atoms with Gasteiger partial charge in [-0.2, -0.15) is 0 Å². The van der Waals surface area contributed by atoms with Crippen LogP contribution in [0.3, 0.4) is 0 Å². The molecule has 0 unspecified atom stereocenters. The maximum atomic E-state index is 6.22. The van der Waals surface area contributed by atoms with Gasteiger partial charge in [-0.3, -0.25) is 4.98 Å². The first-order valence-corrected chi connectivity index (χ1v) is 8.43. The van der Waals surface area contributed by atoms with Crippen LogP contribution in [0, 0.1) is 0 Å². The van der Waals surface area contributed by atoms with E-state index in [1.807, 2.05) is 13.8 Å². The molecule has 3 rings (SSSR count). The van der Waals surface area contributed by atoms with Crippen LogP contribution in [0.5, 0.6) is 0 Å². The summed E-state index contributed by atoms with van der Waals surface area (Å²) in [5.41, 5.74) is 6.37. The molecule has 0 aliphatic heterocycles. The number of anilines is 1. The lowest BCUT2D eigenvalue weighted by Gasteiger charge is -2.26. The van der Waals surface area contributed by atoms with Crippen LogP contribution in [-0.4, -0.2) is 25.1 Å². The number of nitrogens with one attached hydrogen (secondary N) is 1. The van der Waals surface area contributed by atoms with E-state index in [1.165, 1.54) is 11.3 Å². The lowest BCUT2D eigenvalue weighted by Crippen LogP contribution is -2.30. The number of halogens is 1. The molecule has 0 aliphatic rings. The molecule has 0 aromatic carbocycles. The summed E-state index contributed by atoms with van der Waals surface area (Å²) in [6, 6.07) is 3.59. The number of nitrogens with zero attached hydrogens (tertiary/aromatic N) is 5. The van der Waals surface area contributed by atoms with E-state index >= 15 is 0 Å². The molecule has 0 radical (unpaired) electrons. The van der Waals surface area contributed by atoms with Crippen molar-refractivity contribution < 1.29 is 0 Å². The van der Waals surface area contributed by atoms with E-state index in [-0.39, 0.29) is 0 Å². The fourth-order valence-corrected chi connectivity index (χ4v) is 3.23. The Hall–Kier alpha value is -2.16. The summed E-state index contributed by atoms with van der Waals surface area (Å²) < 4.78 is 0. The van der Waals surface area contributed by atoms with Crippen LogP contribution in [0.2, 0.25) is 5.02 Å². The molecule has 0 atom stereocenters. The zero-order valence-electron chi connectivity index (χ0n) is 13.2. The van der Waals surface area contributed by atoms with Gasteiger partial charge in [-0.25, -0.2) is 9.97 Å². The monoisotopic (exact) mass is 361 g/mol. The van der Waals surface area contributed by atoms with E-state index in [2.05, 4.69) is 30.5 Å². The van der Waals surface area contributed by atoms with Crippen LogP contribution in [0.15, 0.2) is 30.7 Å². The molecule has 0 fully saturated rings. The Balaban J connectivity index is 1.80. The molecule has 0 spiro atoms. The number of nitrogens with two attached hydrogens (primary N) is 1. The molecular formula is C15H16ClN7S. The zero-order chi connectivity index (χ0) is 17.2. The third kappa shape index (κ3) is 3.50. The van der Waals surface area contributed by atoms with Gasteiger partial charge in [-0.15, -0.1) is 21.5 Å². The Kier molecular flexibility index (Phi) is 4.70. The molecule has 3 N–H and O–H groups in total. The molecule has 124 valence electrons.